The third-order valence-electron chi connectivity index (χ3n) is 2.77. The van der Waals surface area contributed by atoms with Gasteiger partial charge in [-0.2, -0.15) is 0 Å². The molecule has 0 saturated heterocycles. The van der Waals surface area contributed by atoms with Crippen molar-refractivity contribution in [2.45, 2.75) is 25.4 Å². The second-order valence-corrected chi connectivity index (χ2v) is 4.24. The predicted molar refractivity (Wildman–Crippen MR) is 67.3 cm³/mol. The highest BCUT2D eigenvalue weighted by atomic mass is 16.5. The summed E-state index contributed by atoms with van der Waals surface area (Å²) in [5.41, 5.74) is 6.60. The molecule has 4 heteroatoms. The zero-order valence-electron chi connectivity index (χ0n) is 9.80. The molecule has 2 rings (SSSR count). The monoisotopic (exact) mass is 234 g/mol. The molecule has 4 nitrogen and oxygen atoms in total. The molecule has 1 unspecified atom stereocenters. The normalized spacial score (nSPS) is 18.9. The first-order valence-corrected chi connectivity index (χ1v) is 5.96. The summed E-state index contributed by atoms with van der Waals surface area (Å²) in [7, 11) is 0. The lowest BCUT2D eigenvalue weighted by molar-refractivity contribution is 0.218. The first-order valence-electron chi connectivity index (χ1n) is 5.96. The van der Waals surface area contributed by atoms with E-state index in [1.54, 1.807) is 12.1 Å². The van der Waals surface area contributed by atoms with E-state index in [2.05, 4.69) is 4.99 Å². The predicted octanol–water partition coefficient (Wildman–Crippen LogP) is 1.47. The summed E-state index contributed by atoms with van der Waals surface area (Å²) in [6, 6.07) is 7.22. The average Bonchev–Trinajstić information content (AvgIpc) is 2.77. The van der Waals surface area contributed by atoms with Crippen LogP contribution in [0.1, 0.15) is 18.4 Å². The second-order valence-electron chi connectivity index (χ2n) is 4.24. The number of nitrogens with two attached hydrogens (primary N) is 1. The number of nitrogens with zero attached hydrogens (tertiary/aromatic N) is 1. The highest BCUT2D eigenvalue weighted by Gasteiger charge is 2.19. The molecule has 3 N–H and O–H groups in total. The maximum atomic E-state index is 9.19. The minimum Gasteiger partial charge on any atom is -0.508 e. The standard InChI is InChI=1S/C13H18N2O2/c14-7-1-2-13-15-9-12(17-13)8-10-3-5-11(16)6-4-10/h3-6,12,16H,1-2,7-9,14H2. The van der Waals surface area contributed by atoms with Crippen LogP contribution in [0.25, 0.3) is 0 Å². The Balaban J connectivity index is 1.81. The number of aliphatic imine (C=N–C) groups is 1. The number of benzene rings is 1. The van der Waals surface area contributed by atoms with Crippen molar-refractivity contribution in [3.8, 4) is 5.75 Å². The quantitative estimate of drug-likeness (QED) is 0.810. The molecule has 0 radical (unpaired) electrons. The van der Waals surface area contributed by atoms with Crippen LogP contribution in [0.4, 0.5) is 0 Å². The summed E-state index contributed by atoms with van der Waals surface area (Å²) in [4.78, 5) is 4.36. The Bertz CT molecular complexity index is 387. The van der Waals surface area contributed by atoms with E-state index in [4.69, 9.17) is 10.5 Å². The summed E-state index contributed by atoms with van der Waals surface area (Å²) in [5, 5.41) is 9.19. The number of hydrogen-bond donors (Lipinski definition) is 2. The maximum Gasteiger partial charge on any atom is 0.183 e. The SMILES string of the molecule is NCCCC1=NCC(Cc2ccc(O)cc2)O1. The molecular weight excluding hydrogens is 216 g/mol. The average molecular weight is 234 g/mol. The van der Waals surface area contributed by atoms with Gasteiger partial charge in [-0.25, -0.2) is 0 Å². The lowest BCUT2D eigenvalue weighted by atomic mass is 10.1. The number of hydrogen-bond acceptors (Lipinski definition) is 4. The Morgan fingerprint density at radius 3 is 2.82 bits per heavy atom. The molecule has 17 heavy (non-hydrogen) atoms. The Morgan fingerprint density at radius 1 is 1.35 bits per heavy atom. The Morgan fingerprint density at radius 2 is 2.12 bits per heavy atom. The van der Waals surface area contributed by atoms with E-state index in [0.717, 1.165) is 37.3 Å². The number of aromatic hydroxyl groups is 1. The molecule has 0 aromatic heterocycles. The molecule has 1 heterocycles. The fraction of sp³-hybridized carbons (Fsp3) is 0.462. The van der Waals surface area contributed by atoms with Crippen molar-refractivity contribution in [2.24, 2.45) is 10.7 Å². The van der Waals surface area contributed by atoms with Crippen molar-refractivity contribution in [2.75, 3.05) is 13.1 Å². The third kappa shape index (κ3) is 3.46. The van der Waals surface area contributed by atoms with Crippen LogP contribution in [-0.4, -0.2) is 30.2 Å². The topological polar surface area (TPSA) is 67.8 Å². The molecular formula is C13H18N2O2. The largest absolute Gasteiger partial charge is 0.508 e. The minimum atomic E-state index is 0.132. The molecule has 1 atom stereocenters. The van der Waals surface area contributed by atoms with Gasteiger partial charge in [-0.1, -0.05) is 12.1 Å². The Labute approximate surface area is 101 Å². The van der Waals surface area contributed by atoms with Crippen molar-refractivity contribution in [3.05, 3.63) is 29.8 Å². The van der Waals surface area contributed by atoms with Gasteiger partial charge in [-0.05, 0) is 30.7 Å². The minimum absolute atomic E-state index is 0.132. The van der Waals surface area contributed by atoms with Gasteiger partial charge in [-0.3, -0.25) is 4.99 Å². The van der Waals surface area contributed by atoms with Crippen LogP contribution in [-0.2, 0) is 11.2 Å². The lowest BCUT2D eigenvalue weighted by Gasteiger charge is -2.11. The van der Waals surface area contributed by atoms with E-state index in [0.29, 0.717) is 12.3 Å². The van der Waals surface area contributed by atoms with Gasteiger partial charge in [0.15, 0.2) is 5.90 Å². The van der Waals surface area contributed by atoms with Gasteiger partial charge in [0.25, 0.3) is 0 Å². The van der Waals surface area contributed by atoms with Crippen LogP contribution < -0.4 is 5.73 Å². The van der Waals surface area contributed by atoms with Crippen LogP contribution in [0.5, 0.6) is 5.75 Å². The van der Waals surface area contributed by atoms with Crippen LogP contribution >= 0.6 is 0 Å². The zero-order chi connectivity index (χ0) is 12.1. The molecule has 1 aromatic rings. The van der Waals surface area contributed by atoms with Gasteiger partial charge in [-0.15, -0.1) is 0 Å². The van der Waals surface area contributed by atoms with Crippen LogP contribution in [0, 0.1) is 0 Å². The molecule has 92 valence electrons. The van der Waals surface area contributed by atoms with Crippen LogP contribution in [0.15, 0.2) is 29.3 Å². The smallest absolute Gasteiger partial charge is 0.183 e. The number of phenolic OH excluding ortho intramolecular Hbond substituents is 1. The number of phenols is 1. The molecule has 0 saturated carbocycles. The van der Waals surface area contributed by atoms with Gasteiger partial charge >= 0.3 is 0 Å². The van der Waals surface area contributed by atoms with Gasteiger partial charge < -0.3 is 15.6 Å². The third-order valence-corrected chi connectivity index (χ3v) is 2.77. The van der Waals surface area contributed by atoms with Gasteiger partial charge in [0.1, 0.15) is 11.9 Å². The highest BCUT2D eigenvalue weighted by Crippen LogP contribution is 2.16. The maximum absolute atomic E-state index is 9.19. The summed E-state index contributed by atoms with van der Waals surface area (Å²) in [6.07, 6.45) is 2.72. The summed E-state index contributed by atoms with van der Waals surface area (Å²) in [6.45, 7) is 1.39. The summed E-state index contributed by atoms with van der Waals surface area (Å²) >= 11 is 0. The van der Waals surface area contributed by atoms with Crippen molar-refractivity contribution in [1.82, 2.24) is 0 Å². The van der Waals surface area contributed by atoms with Crippen molar-refractivity contribution >= 4 is 5.90 Å². The number of rotatable bonds is 5. The van der Waals surface area contributed by atoms with E-state index in [-0.39, 0.29) is 6.10 Å². The molecule has 1 aliphatic heterocycles. The van der Waals surface area contributed by atoms with Crippen molar-refractivity contribution in [1.29, 1.82) is 0 Å². The molecule has 0 bridgehead atoms. The number of ether oxygens (including phenoxy) is 1. The Kier molecular flexibility index (Phi) is 3.98. The molecule has 0 spiro atoms. The van der Waals surface area contributed by atoms with Crippen molar-refractivity contribution < 1.29 is 9.84 Å². The van der Waals surface area contributed by atoms with Gasteiger partial charge in [0, 0.05) is 12.8 Å². The molecule has 0 aliphatic carbocycles. The fourth-order valence-electron chi connectivity index (χ4n) is 1.86. The second kappa shape index (κ2) is 5.68. The van der Waals surface area contributed by atoms with E-state index in [1.165, 1.54) is 0 Å². The van der Waals surface area contributed by atoms with Crippen LogP contribution in [0.2, 0.25) is 0 Å². The first kappa shape index (κ1) is 11.9. The molecule has 0 fully saturated rings. The van der Waals surface area contributed by atoms with Gasteiger partial charge in [0.05, 0.1) is 6.54 Å². The van der Waals surface area contributed by atoms with E-state index in [9.17, 15) is 5.11 Å². The van der Waals surface area contributed by atoms with Crippen LogP contribution in [0.3, 0.4) is 0 Å². The Hall–Kier alpha value is -1.55. The van der Waals surface area contributed by atoms with E-state index in [1.807, 2.05) is 12.1 Å². The van der Waals surface area contributed by atoms with E-state index < -0.39 is 0 Å². The fourth-order valence-corrected chi connectivity index (χ4v) is 1.86. The zero-order valence-corrected chi connectivity index (χ0v) is 9.80. The van der Waals surface area contributed by atoms with E-state index >= 15 is 0 Å². The lowest BCUT2D eigenvalue weighted by Crippen LogP contribution is -2.16. The van der Waals surface area contributed by atoms with Crippen molar-refractivity contribution in [3.63, 3.8) is 0 Å². The summed E-state index contributed by atoms with van der Waals surface area (Å²) < 4.78 is 5.73. The molecule has 1 aromatic carbocycles. The molecule has 0 amide bonds. The highest BCUT2D eigenvalue weighted by molar-refractivity contribution is 5.77. The van der Waals surface area contributed by atoms with Gasteiger partial charge in [0.2, 0.25) is 0 Å². The summed E-state index contributed by atoms with van der Waals surface area (Å²) in [5.74, 6) is 1.13. The first-order chi connectivity index (χ1) is 8.28. The molecule has 1 aliphatic rings.